The Morgan fingerprint density at radius 2 is 1.84 bits per heavy atom. The summed E-state index contributed by atoms with van der Waals surface area (Å²) >= 11 is -2.10. The van der Waals surface area contributed by atoms with Gasteiger partial charge in [-0.1, -0.05) is 0 Å². The Labute approximate surface area is 152 Å². The van der Waals surface area contributed by atoms with Gasteiger partial charge < -0.3 is 0 Å². The standard InChI is InChI=1S/C20H27GeNO3/c1-6-21(7-2,8-3)18-12-11-16(24-18)10-9-15-13-20(4,5)25-19(23)17(15)14-22/h9-12H,6-8,13H2,1-5H3/b10-9+. The summed E-state index contributed by atoms with van der Waals surface area (Å²) in [6, 6.07) is 6.08. The molecule has 2 heterocycles. The van der Waals surface area contributed by atoms with Crippen LogP contribution in [0.2, 0.25) is 15.8 Å². The van der Waals surface area contributed by atoms with Gasteiger partial charge >= 0.3 is 153 Å². The van der Waals surface area contributed by atoms with Crippen LogP contribution < -0.4 is 4.59 Å². The number of nitriles is 1. The van der Waals surface area contributed by atoms with E-state index in [1.54, 1.807) is 0 Å². The normalized spacial score (nSPS) is 17.7. The molecule has 1 aliphatic heterocycles. The number of carbonyl (C=O) groups excluding carboxylic acids is 1. The third-order valence-corrected chi connectivity index (χ3v) is 16.5. The molecule has 0 fully saturated rings. The van der Waals surface area contributed by atoms with Crippen LogP contribution in [0.5, 0.6) is 0 Å². The zero-order valence-electron chi connectivity index (χ0n) is 15.8. The van der Waals surface area contributed by atoms with Crippen molar-refractivity contribution < 1.29 is 13.9 Å². The van der Waals surface area contributed by atoms with Gasteiger partial charge in [0.2, 0.25) is 0 Å². The van der Waals surface area contributed by atoms with Crippen LogP contribution in [0.15, 0.2) is 33.8 Å². The number of allylic oxidation sites excluding steroid dienone is 1. The Bertz CT molecular complexity index is 737. The topological polar surface area (TPSA) is 63.2 Å². The predicted molar refractivity (Wildman–Crippen MR) is 102 cm³/mol. The Morgan fingerprint density at radius 1 is 1.20 bits per heavy atom. The van der Waals surface area contributed by atoms with Crippen LogP contribution in [0.25, 0.3) is 6.08 Å². The van der Waals surface area contributed by atoms with Crippen LogP contribution in [-0.4, -0.2) is 24.8 Å². The van der Waals surface area contributed by atoms with E-state index in [1.807, 2.05) is 38.1 Å². The minimum absolute atomic E-state index is 0.0880. The van der Waals surface area contributed by atoms with Crippen molar-refractivity contribution in [3.63, 3.8) is 0 Å². The summed E-state index contributed by atoms with van der Waals surface area (Å²) in [7, 11) is 0. The van der Waals surface area contributed by atoms with Crippen molar-refractivity contribution in [1.82, 2.24) is 0 Å². The average molecular weight is 402 g/mol. The molecule has 0 unspecified atom stereocenters. The average Bonchev–Trinajstić information content (AvgIpc) is 3.03. The van der Waals surface area contributed by atoms with Crippen molar-refractivity contribution in [2.45, 2.75) is 62.4 Å². The van der Waals surface area contributed by atoms with E-state index in [-0.39, 0.29) is 5.57 Å². The number of ether oxygens (including phenoxy) is 1. The molecular weight excluding hydrogens is 375 g/mol. The SMILES string of the molecule is C[CH2][Ge]([CH2]C)([CH2]C)[c]1ccc(/C=C/C2=C(C#N)C(=O)OC(C)(C)C2)o1. The number of esters is 1. The molecule has 1 aliphatic rings. The van der Waals surface area contributed by atoms with Crippen LogP contribution in [0.1, 0.15) is 46.8 Å². The van der Waals surface area contributed by atoms with Crippen LogP contribution in [0.4, 0.5) is 0 Å². The van der Waals surface area contributed by atoms with Crippen LogP contribution >= 0.6 is 0 Å². The summed E-state index contributed by atoms with van der Waals surface area (Å²) in [4.78, 5) is 12.0. The summed E-state index contributed by atoms with van der Waals surface area (Å²) in [5.41, 5.74) is 0.198. The summed E-state index contributed by atoms with van der Waals surface area (Å²) in [5, 5.41) is 12.9. The first-order chi connectivity index (χ1) is 11.8. The summed E-state index contributed by atoms with van der Waals surface area (Å²) in [5.74, 6) is 0.234. The second kappa shape index (κ2) is 7.65. The van der Waals surface area contributed by atoms with E-state index in [1.165, 1.54) is 20.4 Å². The summed E-state index contributed by atoms with van der Waals surface area (Å²) in [6.45, 7) is 10.5. The molecule has 0 spiro atoms. The number of hydrogen-bond donors (Lipinski definition) is 0. The second-order valence-electron chi connectivity index (χ2n) is 7.21. The summed E-state index contributed by atoms with van der Waals surface area (Å²) in [6.07, 6.45) is 4.20. The molecule has 0 aliphatic carbocycles. The molecule has 1 aromatic heterocycles. The first-order valence-electron chi connectivity index (χ1n) is 8.95. The quantitative estimate of drug-likeness (QED) is 0.518. The zero-order chi connectivity index (χ0) is 18.7. The van der Waals surface area contributed by atoms with Crippen LogP contribution in [0.3, 0.4) is 0 Å². The molecule has 134 valence electrons. The number of rotatable bonds is 6. The van der Waals surface area contributed by atoms with Gasteiger partial charge in [-0.25, -0.2) is 0 Å². The molecule has 4 nitrogen and oxygen atoms in total. The van der Waals surface area contributed by atoms with Gasteiger partial charge in [-0.2, -0.15) is 0 Å². The molecule has 0 amide bonds. The van der Waals surface area contributed by atoms with Gasteiger partial charge in [-0.15, -0.1) is 0 Å². The van der Waals surface area contributed by atoms with Crippen LogP contribution in [-0.2, 0) is 9.53 Å². The van der Waals surface area contributed by atoms with E-state index in [2.05, 4.69) is 26.8 Å². The predicted octanol–water partition coefficient (Wildman–Crippen LogP) is 4.55. The Morgan fingerprint density at radius 3 is 2.40 bits per heavy atom. The molecule has 0 bridgehead atoms. The Kier molecular flexibility index (Phi) is 6.00. The van der Waals surface area contributed by atoms with Gasteiger partial charge in [-0.3, -0.25) is 0 Å². The van der Waals surface area contributed by atoms with E-state index in [0.717, 1.165) is 5.76 Å². The van der Waals surface area contributed by atoms with E-state index >= 15 is 0 Å². The number of furan rings is 1. The van der Waals surface area contributed by atoms with E-state index in [4.69, 9.17) is 9.15 Å². The van der Waals surface area contributed by atoms with Crippen molar-refractivity contribution >= 4 is 29.9 Å². The molecule has 0 N–H and O–H groups in total. The number of cyclic esters (lactones) is 1. The van der Waals surface area contributed by atoms with Crippen molar-refractivity contribution in [1.29, 1.82) is 5.26 Å². The molecule has 0 radical (unpaired) electrons. The molecule has 5 heteroatoms. The molecule has 0 atom stereocenters. The van der Waals surface area contributed by atoms with Crippen molar-refractivity contribution in [3.05, 3.63) is 35.1 Å². The maximum absolute atomic E-state index is 12.0. The van der Waals surface area contributed by atoms with Crippen molar-refractivity contribution in [2.75, 3.05) is 0 Å². The Balaban J connectivity index is 2.31. The van der Waals surface area contributed by atoms with E-state index in [0.29, 0.717) is 12.0 Å². The molecule has 25 heavy (non-hydrogen) atoms. The molecule has 2 rings (SSSR count). The summed E-state index contributed by atoms with van der Waals surface area (Å²) < 4.78 is 12.6. The molecular formula is C20H27GeNO3. The van der Waals surface area contributed by atoms with E-state index < -0.39 is 24.8 Å². The maximum atomic E-state index is 12.0. The number of carbonyl (C=O) groups is 1. The van der Waals surface area contributed by atoms with Gasteiger partial charge in [0.15, 0.2) is 0 Å². The van der Waals surface area contributed by atoms with Crippen molar-refractivity contribution in [3.8, 4) is 6.07 Å². The van der Waals surface area contributed by atoms with Crippen molar-refractivity contribution in [2.24, 2.45) is 0 Å². The monoisotopic (exact) mass is 403 g/mol. The molecule has 0 aromatic carbocycles. The minimum atomic E-state index is -2.10. The van der Waals surface area contributed by atoms with Crippen LogP contribution in [0, 0.1) is 11.3 Å². The van der Waals surface area contributed by atoms with Gasteiger partial charge in [-0.05, 0) is 0 Å². The van der Waals surface area contributed by atoms with Gasteiger partial charge in [0.05, 0.1) is 0 Å². The van der Waals surface area contributed by atoms with Gasteiger partial charge in [0.1, 0.15) is 0 Å². The van der Waals surface area contributed by atoms with E-state index in [9.17, 15) is 10.1 Å². The first kappa shape index (κ1) is 19.6. The molecule has 0 saturated heterocycles. The molecule has 1 aromatic rings. The number of hydrogen-bond acceptors (Lipinski definition) is 4. The number of nitrogens with zero attached hydrogens (tertiary/aromatic N) is 1. The Hall–Kier alpha value is -1.74. The molecule has 0 saturated carbocycles. The third-order valence-electron chi connectivity index (χ3n) is 5.25. The first-order valence-corrected chi connectivity index (χ1v) is 14.5. The second-order valence-corrected chi connectivity index (χ2v) is 18.1. The zero-order valence-corrected chi connectivity index (χ0v) is 17.9. The third kappa shape index (κ3) is 4.09. The fraction of sp³-hybridized carbons (Fsp3) is 0.500. The fourth-order valence-electron chi connectivity index (χ4n) is 3.46. The fourth-order valence-corrected chi connectivity index (χ4v) is 10.4. The van der Waals surface area contributed by atoms with Gasteiger partial charge in [0, 0.05) is 0 Å². The van der Waals surface area contributed by atoms with Gasteiger partial charge in [0.25, 0.3) is 0 Å².